The molecule has 20 heavy (non-hydrogen) atoms. The van der Waals surface area contributed by atoms with E-state index in [1.165, 1.54) is 0 Å². The number of hydrogen-bond acceptors (Lipinski definition) is 2. The monoisotopic (exact) mass is 275 g/mol. The van der Waals surface area contributed by atoms with E-state index in [-0.39, 0.29) is 11.9 Å². The quantitative estimate of drug-likeness (QED) is 0.846. The predicted molar refractivity (Wildman–Crippen MR) is 79.4 cm³/mol. The molecule has 0 bridgehead atoms. The molecule has 0 aliphatic rings. The Bertz CT molecular complexity index is 562. The maximum Gasteiger partial charge on any atom is 0.131 e. The van der Waals surface area contributed by atoms with Gasteiger partial charge >= 0.3 is 0 Å². The second-order valence-corrected chi connectivity index (χ2v) is 5.02. The highest BCUT2D eigenvalue weighted by molar-refractivity contribution is 5.32. The Balaban J connectivity index is 2.38. The predicted octanol–water partition coefficient (Wildman–Crippen LogP) is 4.38. The fourth-order valence-corrected chi connectivity index (χ4v) is 2.29. The molecule has 1 heterocycles. The molecule has 0 saturated carbocycles. The summed E-state index contributed by atoms with van der Waals surface area (Å²) in [6.07, 6.45) is 1.84. The summed E-state index contributed by atoms with van der Waals surface area (Å²) in [6.45, 7) is 6.75. The number of hydrogen-bond donors (Lipinski definition) is 1. The van der Waals surface area contributed by atoms with Crippen LogP contribution in [0.3, 0.4) is 0 Å². The molecule has 3 heteroatoms. The van der Waals surface area contributed by atoms with Crippen LogP contribution in [0, 0.1) is 12.7 Å². The minimum absolute atomic E-state index is 0.157. The lowest BCUT2D eigenvalue weighted by atomic mass is 10.0. The Morgan fingerprint density at radius 2 is 2.00 bits per heavy atom. The molecule has 0 amide bonds. The standard InChI is InChI=1S/C17H22FNO/c1-4-11-19-17(15-10-9-13(5-2)20-15)14-8-6-7-12(3)16(14)18/h6-10,17,19H,4-5,11H2,1-3H3. The number of furan rings is 1. The molecular formula is C17H22FNO. The van der Waals surface area contributed by atoms with Crippen LogP contribution in [-0.2, 0) is 6.42 Å². The van der Waals surface area contributed by atoms with Crippen LogP contribution >= 0.6 is 0 Å². The lowest BCUT2D eigenvalue weighted by molar-refractivity contribution is 0.414. The van der Waals surface area contributed by atoms with E-state index in [0.717, 1.165) is 30.9 Å². The van der Waals surface area contributed by atoms with Gasteiger partial charge in [0.1, 0.15) is 17.3 Å². The third-order valence-corrected chi connectivity index (χ3v) is 3.45. The van der Waals surface area contributed by atoms with Gasteiger partial charge in [-0.3, -0.25) is 0 Å². The second-order valence-electron chi connectivity index (χ2n) is 5.02. The van der Waals surface area contributed by atoms with Crippen molar-refractivity contribution in [2.45, 2.75) is 39.7 Å². The van der Waals surface area contributed by atoms with E-state index in [9.17, 15) is 4.39 Å². The van der Waals surface area contributed by atoms with Crippen molar-refractivity contribution in [3.63, 3.8) is 0 Å². The Morgan fingerprint density at radius 3 is 2.65 bits per heavy atom. The molecule has 0 aliphatic heterocycles. The summed E-state index contributed by atoms with van der Waals surface area (Å²) in [5, 5.41) is 3.37. The SMILES string of the molecule is CCCNC(c1ccc(CC)o1)c1cccc(C)c1F. The van der Waals surface area contributed by atoms with Gasteiger partial charge in [-0.1, -0.05) is 32.0 Å². The minimum Gasteiger partial charge on any atom is -0.464 e. The van der Waals surface area contributed by atoms with Gasteiger partial charge < -0.3 is 9.73 Å². The van der Waals surface area contributed by atoms with E-state index >= 15 is 0 Å². The molecule has 1 N–H and O–H groups in total. The Kier molecular flexibility index (Phi) is 4.96. The molecular weight excluding hydrogens is 253 g/mol. The maximum atomic E-state index is 14.4. The summed E-state index contributed by atoms with van der Waals surface area (Å²) in [6, 6.07) is 9.17. The zero-order valence-corrected chi connectivity index (χ0v) is 12.4. The average Bonchev–Trinajstić information content (AvgIpc) is 2.92. The van der Waals surface area contributed by atoms with Gasteiger partial charge in [-0.05, 0) is 37.6 Å². The van der Waals surface area contributed by atoms with Gasteiger partial charge in [-0.15, -0.1) is 0 Å². The molecule has 1 aromatic carbocycles. The first-order chi connectivity index (χ1) is 9.67. The van der Waals surface area contributed by atoms with Crippen molar-refractivity contribution < 1.29 is 8.81 Å². The van der Waals surface area contributed by atoms with Crippen molar-refractivity contribution in [3.05, 3.63) is 58.8 Å². The van der Waals surface area contributed by atoms with Gasteiger partial charge in [0.2, 0.25) is 0 Å². The molecule has 1 aromatic heterocycles. The van der Waals surface area contributed by atoms with E-state index in [1.807, 2.05) is 31.2 Å². The summed E-state index contributed by atoms with van der Waals surface area (Å²) in [7, 11) is 0. The van der Waals surface area contributed by atoms with Crippen LogP contribution in [0.5, 0.6) is 0 Å². The van der Waals surface area contributed by atoms with Crippen molar-refractivity contribution >= 4 is 0 Å². The highest BCUT2D eigenvalue weighted by atomic mass is 19.1. The van der Waals surface area contributed by atoms with E-state index in [1.54, 1.807) is 13.0 Å². The largest absolute Gasteiger partial charge is 0.464 e. The van der Waals surface area contributed by atoms with Crippen LogP contribution < -0.4 is 5.32 Å². The first-order valence-electron chi connectivity index (χ1n) is 7.24. The maximum absolute atomic E-state index is 14.4. The summed E-state index contributed by atoms with van der Waals surface area (Å²) in [4.78, 5) is 0. The van der Waals surface area contributed by atoms with Crippen molar-refractivity contribution in [1.29, 1.82) is 0 Å². The molecule has 0 radical (unpaired) electrons. The van der Waals surface area contributed by atoms with Crippen molar-refractivity contribution in [2.75, 3.05) is 6.54 Å². The molecule has 1 unspecified atom stereocenters. The topological polar surface area (TPSA) is 25.2 Å². The van der Waals surface area contributed by atoms with Crippen LogP contribution in [0.2, 0.25) is 0 Å². The number of benzene rings is 1. The van der Waals surface area contributed by atoms with E-state index in [4.69, 9.17) is 4.42 Å². The average molecular weight is 275 g/mol. The first-order valence-corrected chi connectivity index (χ1v) is 7.24. The first kappa shape index (κ1) is 14.8. The smallest absolute Gasteiger partial charge is 0.131 e. The molecule has 0 fully saturated rings. The van der Waals surface area contributed by atoms with Gasteiger partial charge in [0.05, 0.1) is 6.04 Å². The fourth-order valence-electron chi connectivity index (χ4n) is 2.29. The number of halogens is 1. The fraction of sp³-hybridized carbons (Fsp3) is 0.412. The van der Waals surface area contributed by atoms with Gasteiger partial charge in [0, 0.05) is 12.0 Å². The summed E-state index contributed by atoms with van der Waals surface area (Å²) >= 11 is 0. The number of nitrogens with one attached hydrogen (secondary N) is 1. The van der Waals surface area contributed by atoms with Crippen molar-refractivity contribution in [1.82, 2.24) is 5.32 Å². The van der Waals surface area contributed by atoms with Crippen molar-refractivity contribution in [2.24, 2.45) is 0 Å². The van der Waals surface area contributed by atoms with Gasteiger partial charge in [0.15, 0.2) is 0 Å². The van der Waals surface area contributed by atoms with Crippen LogP contribution in [0.4, 0.5) is 4.39 Å². The van der Waals surface area contributed by atoms with Crippen LogP contribution in [-0.4, -0.2) is 6.54 Å². The van der Waals surface area contributed by atoms with Crippen LogP contribution in [0.1, 0.15) is 49.0 Å². The third-order valence-electron chi connectivity index (χ3n) is 3.45. The highest BCUT2D eigenvalue weighted by Gasteiger charge is 2.21. The molecule has 2 aromatic rings. The van der Waals surface area contributed by atoms with Gasteiger partial charge in [0.25, 0.3) is 0 Å². The Labute approximate surface area is 120 Å². The number of rotatable bonds is 6. The zero-order valence-electron chi connectivity index (χ0n) is 12.4. The van der Waals surface area contributed by atoms with Crippen LogP contribution in [0.25, 0.3) is 0 Å². The Hall–Kier alpha value is -1.61. The summed E-state index contributed by atoms with van der Waals surface area (Å²) in [5.41, 5.74) is 1.31. The zero-order chi connectivity index (χ0) is 14.5. The van der Waals surface area contributed by atoms with Gasteiger partial charge in [-0.25, -0.2) is 4.39 Å². The lowest BCUT2D eigenvalue weighted by Gasteiger charge is -2.18. The summed E-state index contributed by atoms with van der Waals surface area (Å²) in [5.74, 6) is 1.55. The molecule has 0 saturated heterocycles. The molecule has 108 valence electrons. The van der Waals surface area contributed by atoms with E-state index < -0.39 is 0 Å². The Morgan fingerprint density at radius 1 is 1.20 bits per heavy atom. The normalized spacial score (nSPS) is 12.6. The third kappa shape index (κ3) is 3.10. The van der Waals surface area contributed by atoms with Gasteiger partial charge in [-0.2, -0.15) is 0 Å². The van der Waals surface area contributed by atoms with Crippen molar-refractivity contribution in [3.8, 4) is 0 Å². The van der Waals surface area contributed by atoms with Crippen LogP contribution in [0.15, 0.2) is 34.7 Å². The molecule has 1 atom stereocenters. The minimum atomic E-state index is -0.227. The molecule has 2 nitrogen and oxygen atoms in total. The second kappa shape index (κ2) is 6.71. The van der Waals surface area contributed by atoms with E-state index in [2.05, 4.69) is 12.2 Å². The summed E-state index contributed by atoms with van der Waals surface area (Å²) < 4.78 is 20.2. The molecule has 0 spiro atoms. The molecule has 2 rings (SSSR count). The van der Waals surface area contributed by atoms with E-state index in [0.29, 0.717) is 11.1 Å². The highest BCUT2D eigenvalue weighted by Crippen LogP contribution is 2.27. The lowest BCUT2D eigenvalue weighted by Crippen LogP contribution is -2.24. The molecule has 0 aliphatic carbocycles. The number of aryl methyl sites for hydroxylation is 2.